The SMILES string of the molecule is Cc1on[c]c1C(=O)N(c1cccc(Cl)c1)c1nc2ccccc2s1. The molecule has 0 unspecified atom stereocenters. The van der Waals surface area contributed by atoms with Crippen LogP contribution in [0, 0.1) is 13.1 Å². The lowest BCUT2D eigenvalue weighted by molar-refractivity contribution is 0.0997. The van der Waals surface area contributed by atoms with Crippen molar-refractivity contribution in [2.75, 3.05) is 4.90 Å². The standard InChI is InChI=1S/C18H11ClN3O2S/c1-11-14(10-20-24-11)17(23)22(13-6-4-5-12(19)9-13)18-21-15-7-2-3-8-16(15)25-18/h2-9H,1H3. The van der Waals surface area contributed by atoms with Crippen molar-refractivity contribution in [1.29, 1.82) is 0 Å². The normalized spacial score (nSPS) is 11.0. The number of nitrogens with zero attached hydrogens (tertiary/aromatic N) is 3. The van der Waals surface area contributed by atoms with Crippen LogP contribution in [-0.4, -0.2) is 16.0 Å². The smallest absolute Gasteiger partial charge is 0.270 e. The van der Waals surface area contributed by atoms with Gasteiger partial charge in [-0.15, -0.1) is 0 Å². The summed E-state index contributed by atoms with van der Waals surface area (Å²) >= 11 is 7.55. The molecule has 0 aliphatic rings. The number of benzene rings is 2. The lowest BCUT2D eigenvalue weighted by Gasteiger charge is -2.19. The summed E-state index contributed by atoms with van der Waals surface area (Å²) in [6.45, 7) is 1.67. The zero-order chi connectivity index (χ0) is 17.4. The highest BCUT2D eigenvalue weighted by Gasteiger charge is 2.26. The molecule has 0 aliphatic carbocycles. The van der Waals surface area contributed by atoms with E-state index in [2.05, 4.69) is 16.3 Å². The van der Waals surface area contributed by atoms with Crippen molar-refractivity contribution in [2.45, 2.75) is 6.92 Å². The van der Waals surface area contributed by atoms with Gasteiger partial charge in [-0.05, 0) is 37.3 Å². The Morgan fingerprint density at radius 2 is 2.08 bits per heavy atom. The summed E-state index contributed by atoms with van der Waals surface area (Å²) in [5, 5.41) is 4.66. The first-order valence-corrected chi connectivity index (χ1v) is 8.62. The Kier molecular flexibility index (Phi) is 3.99. The molecule has 0 bridgehead atoms. The first-order chi connectivity index (χ1) is 12.1. The maximum absolute atomic E-state index is 13.1. The molecule has 2 aromatic heterocycles. The maximum atomic E-state index is 13.1. The van der Waals surface area contributed by atoms with Gasteiger partial charge in [-0.25, -0.2) is 4.98 Å². The predicted octanol–water partition coefficient (Wildman–Crippen LogP) is 5.02. The molecule has 123 valence electrons. The number of para-hydroxylation sites is 1. The molecule has 25 heavy (non-hydrogen) atoms. The van der Waals surface area contributed by atoms with Crippen molar-refractivity contribution in [2.24, 2.45) is 0 Å². The second-order valence-electron chi connectivity index (χ2n) is 5.31. The van der Waals surface area contributed by atoms with E-state index in [-0.39, 0.29) is 11.5 Å². The average molecular weight is 369 g/mol. The van der Waals surface area contributed by atoms with Crippen LogP contribution in [0.1, 0.15) is 16.1 Å². The number of hydrogen-bond acceptors (Lipinski definition) is 5. The van der Waals surface area contributed by atoms with Gasteiger partial charge in [0.15, 0.2) is 5.13 Å². The number of thiazole rings is 1. The quantitative estimate of drug-likeness (QED) is 0.509. The minimum Gasteiger partial charge on any atom is -0.360 e. The molecule has 4 aromatic rings. The molecule has 0 aliphatic heterocycles. The minimum atomic E-state index is -0.319. The summed E-state index contributed by atoms with van der Waals surface area (Å²) in [4.78, 5) is 19.2. The fraction of sp³-hybridized carbons (Fsp3) is 0.0556. The lowest BCUT2D eigenvalue weighted by atomic mass is 10.2. The Hall–Kier alpha value is -2.70. The molecule has 5 nitrogen and oxygen atoms in total. The second kappa shape index (κ2) is 6.31. The Bertz CT molecular complexity index is 1040. The third-order valence-electron chi connectivity index (χ3n) is 3.65. The van der Waals surface area contributed by atoms with E-state index in [0.717, 1.165) is 10.2 Å². The minimum absolute atomic E-state index is 0.263. The summed E-state index contributed by atoms with van der Waals surface area (Å²) in [6.07, 6.45) is 2.61. The molecule has 1 amide bonds. The fourth-order valence-electron chi connectivity index (χ4n) is 2.46. The Labute approximate surface area is 152 Å². The van der Waals surface area contributed by atoms with Crippen molar-refractivity contribution >= 4 is 49.9 Å². The number of carbonyl (C=O) groups is 1. The molecular weight excluding hydrogens is 358 g/mol. The van der Waals surface area contributed by atoms with Crippen LogP contribution in [0.5, 0.6) is 0 Å². The van der Waals surface area contributed by atoms with Gasteiger partial charge in [0.1, 0.15) is 17.5 Å². The predicted molar refractivity (Wildman–Crippen MR) is 97.6 cm³/mol. The van der Waals surface area contributed by atoms with Gasteiger partial charge in [0.2, 0.25) is 0 Å². The Balaban J connectivity index is 1.89. The van der Waals surface area contributed by atoms with Crippen LogP contribution in [0.2, 0.25) is 5.02 Å². The molecule has 0 saturated heterocycles. The number of hydrogen-bond donors (Lipinski definition) is 0. The van der Waals surface area contributed by atoms with Crippen LogP contribution in [0.3, 0.4) is 0 Å². The Morgan fingerprint density at radius 1 is 1.24 bits per heavy atom. The van der Waals surface area contributed by atoms with E-state index in [1.807, 2.05) is 24.3 Å². The summed E-state index contributed by atoms with van der Waals surface area (Å²) in [7, 11) is 0. The van der Waals surface area contributed by atoms with Crippen molar-refractivity contribution in [3.05, 3.63) is 71.1 Å². The molecule has 0 saturated carbocycles. The number of aromatic nitrogens is 2. The van der Waals surface area contributed by atoms with Crippen LogP contribution in [0.25, 0.3) is 10.2 Å². The van der Waals surface area contributed by atoms with E-state index in [1.54, 1.807) is 31.2 Å². The molecule has 7 heteroatoms. The third-order valence-corrected chi connectivity index (χ3v) is 4.91. The number of amides is 1. The molecule has 4 rings (SSSR count). The molecule has 0 N–H and O–H groups in total. The highest BCUT2D eigenvalue weighted by Crippen LogP contribution is 2.35. The van der Waals surface area contributed by atoms with E-state index in [9.17, 15) is 4.79 Å². The average Bonchev–Trinajstić information content (AvgIpc) is 3.20. The van der Waals surface area contributed by atoms with E-state index in [1.165, 1.54) is 16.2 Å². The number of rotatable bonds is 3. The molecule has 0 fully saturated rings. The monoisotopic (exact) mass is 368 g/mol. The van der Waals surface area contributed by atoms with Gasteiger partial charge in [-0.2, -0.15) is 0 Å². The topological polar surface area (TPSA) is 59.2 Å². The number of aryl methyl sites for hydroxylation is 1. The van der Waals surface area contributed by atoms with Crippen molar-refractivity contribution in [3.63, 3.8) is 0 Å². The van der Waals surface area contributed by atoms with Gasteiger partial charge in [-0.3, -0.25) is 9.69 Å². The lowest BCUT2D eigenvalue weighted by Crippen LogP contribution is -2.26. The van der Waals surface area contributed by atoms with Crippen LogP contribution >= 0.6 is 22.9 Å². The van der Waals surface area contributed by atoms with E-state index in [4.69, 9.17) is 16.1 Å². The number of fused-ring (bicyclic) bond motifs is 1. The zero-order valence-corrected chi connectivity index (χ0v) is 14.6. The van der Waals surface area contributed by atoms with Gasteiger partial charge in [-0.1, -0.05) is 46.3 Å². The third kappa shape index (κ3) is 2.90. The van der Waals surface area contributed by atoms with Crippen molar-refractivity contribution < 1.29 is 9.32 Å². The Morgan fingerprint density at radius 3 is 2.80 bits per heavy atom. The summed E-state index contributed by atoms with van der Waals surface area (Å²) in [6, 6.07) is 14.8. The summed E-state index contributed by atoms with van der Waals surface area (Å²) < 4.78 is 5.98. The molecule has 2 aromatic carbocycles. The highest BCUT2D eigenvalue weighted by molar-refractivity contribution is 7.22. The largest absolute Gasteiger partial charge is 0.360 e. The van der Waals surface area contributed by atoms with E-state index >= 15 is 0 Å². The number of halogens is 1. The van der Waals surface area contributed by atoms with Crippen LogP contribution < -0.4 is 4.90 Å². The molecule has 1 radical (unpaired) electrons. The van der Waals surface area contributed by atoms with Crippen LogP contribution in [0.4, 0.5) is 10.8 Å². The first-order valence-electron chi connectivity index (χ1n) is 7.43. The van der Waals surface area contributed by atoms with Gasteiger partial charge in [0.05, 0.1) is 15.9 Å². The van der Waals surface area contributed by atoms with Gasteiger partial charge >= 0.3 is 0 Å². The van der Waals surface area contributed by atoms with Crippen molar-refractivity contribution in [1.82, 2.24) is 10.1 Å². The molecule has 0 spiro atoms. The van der Waals surface area contributed by atoms with Crippen molar-refractivity contribution in [3.8, 4) is 0 Å². The summed E-state index contributed by atoms with van der Waals surface area (Å²) in [5.41, 5.74) is 1.71. The van der Waals surface area contributed by atoms with Gasteiger partial charge in [0, 0.05) is 5.02 Å². The van der Waals surface area contributed by atoms with Crippen LogP contribution in [0.15, 0.2) is 53.1 Å². The number of carbonyl (C=O) groups excluding carboxylic acids is 1. The maximum Gasteiger partial charge on any atom is 0.270 e. The molecular formula is C18H11ClN3O2S. The van der Waals surface area contributed by atoms with Gasteiger partial charge < -0.3 is 4.52 Å². The molecule has 2 heterocycles. The highest BCUT2D eigenvalue weighted by atomic mass is 35.5. The van der Waals surface area contributed by atoms with Crippen LogP contribution in [-0.2, 0) is 0 Å². The van der Waals surface area contributed by atoms with Gasteiger partial charge in [0.25, 0.3) is 5.91 Å². The van der Waals surface area contributed by atoms with E-state index < -0.39 is 0 Å². The number of anilines is 2. The molecule has 0 atom stereocenters. The fourth-order valence-corrected chi connectivity index (χ4v) is 3.63. The summed E-state index contributed by atoms with van der Waals surface area (Å²) in [5.74, 6) is 0.0817. The zero-order valence-electron chi connectivity index (χ0n) is 13.1. The first kappa shape index (κ1) is 15.8. The second-order valence-corrected chi connectivity index (χ2v) is 6.76. The van der Waals surface area contributed by atoms with E-state index in [0.29, 0.717) is 21.6 Å².